The van der Waals surface area contributed by atoms with Crippen LogP contribution >= 0.6 is 0 Å². The van der Waals surface area contributed by atoms with E-state index in [1.54, 1.807) is 12.1 Å². The summed E-state index contributed by atoms with van der Waals surface area (Å²) in [5.41, 5.74) is 7.78. The van der Waals surface area contributed by atoms with Crippen molar-refractivity contribution in [1.82, 2.24) is 0 Å². The first kappa shape index (κ1) is 18.2. The number of benzene rings is 3. The van der Waals surface area contributed by atoms with Gasteiger partial charge in [0.2, 0.25) is 11.8 Å². The number of nitrogens with two attached hydrogens (primary N) is 1. The van der Waals surface area contributed by atoms with Crippen molar-refractivity contribution in [2.24, 2.45) is 5.73 Å². The summed E-state index contributed by atoms with van der Waals surface area (Å²) in [6.07, 6.45) is 0. The van der Waals surface area contributed by atoms with Gasteiger partial charge < -0.3 is 15.8 Å². The summed E-state index contributed by atoms with van der Waals surface area (Å²) in [5, 5.41) is 2.88. The lowest BCUT2D eigenvalue weighted by atomic mass is 9.90. The third-order valence-electron chi connectivity index (χ3n) is 4.27. The molecule has 3 aromatic rings. The molecule has 0 aliphatic rings. The van der Waals surface area contributed by atoms with Gasteiger partial charge in [-0.05, 0) is 29.3 Å². The number of methoxy groups -OCH3 is 1. The normalized spacial score (nSPS) is 10.4. The van der Waals surface area contributed by atoms with Crippen LogP contribution in [-0.2, 0) is 4.79 Å². The smallest absolute Gasteiger partial charge is 0.248 e. The second kappa shape index (κ2) is 8.19. The van der Waals surface area contributed by atoms with E-state index in [9.17, 15) is 9.59 Å². The Balaban J connectivity index is 1.99. The van der Waals surface area contributed by atoms with Crippen LogP contribution in [0.15, 0.2) is 78.9 Å². The number of hydrogen-bond donors (Lipinski definition) is 2. The quantitative estimate of drug-likeness (QED) is 0.705. The molecular weight excluding hydrogens is 340 g/mol. The molecule has 0 bridgehead atoms. The summed E-state index contributed by atoms with van der Waals surface area (Å²) in [4.78, 5) is 24.7. The van der Waals surface area contributed by atoms with Crippen LogP contribution < -0.4 is 15.8 Å². The van der Waals surface area contributed by atoms with E-state index in [4.69, 9.17) is 10.5 Å². The molecule has 0 saturated carbocycles. The van der Waals surface area contributed by atoms with Crippen LogP contribution in [0.5, 0.6) is 5.75 Å². The van der Waals surface area contributed by atoms with Crippen molar-refractivity contribution in [1.29, 1.82) is 0 Å². The predicted molar refractivity (Wildman–Crippen MR) is 105 cm³/mol. The number of carbonyl (C=O) groups excluding carboxylic acids is 2. The number of anilines is 1. The molecule has 27 heavy (non-hydrogen) atoms. The van der Waals surface area contributed by atoms with E-state index in [1.165, 1.54) is 13.2 Å². The number of primary amides is 1. The highest BCUT2D eigenvalue weighted by Gasteiger charge is 2.23. The fourth-order valence-corrected chi connectivity index (χ4v) is 2.95. The van der Waals surface area contributed by atoms with Crippen LogP contribution in [-0.4, -0.2) is 18.9 Å². The molecular formula is C22H20N2O3. The molecule has 0 aliphatic heterocycles. The molecule has 0 fully saturated rings. The molecule has 3 N–H and O–H groups in total. The second-order valence-corrected chi connectivity index (χ2v) is 6.02. The molecule has 2 amide bonds. The molecule has 136 valence electrons. The Morgan fingerprint density at radius 1 is 0.889 bits per heavy atom. The van der Waals surface area contributed by atoms with Gasteiger partial charge in [0.15, 0.2) is 0 Å². The Morgan fingerprint density at radius 2 is 1.44 bits per heavy atom. The van der Waals surface area contributed by atoms with E-state index in [0.717, 1.165) is 11.1 Å². The van der Waals surface area contributed by atoms with Gasteiger partial charge in [0.1, 0.15) is 5.75 Å². The van der Waals surface area contributed by atoms with E-state index >= 15 is 0 Å². The zero-order chi connectivity index (χ0) is 19.2. The highest BCUT2D eigenvalue weighted by Crippen LogP contribution is 2.30. The molecule has 0 aliphatic carbocycles. The van der Waals surface area contributed by atoms with Crippen molar-refractivity contribution in [3.63, 3.8) is 0 Å². The molecule has 5 nitrogen and oxygen atoms in total. The molecule has 5 heteroatoms. The standard InChI is InChI=1S/C22H20N2O3/c1-27-19-13-12-17(21(23)25)14-18(19)24-22(26)20(15-8-4-2-5-9-15)16-10-6-3-7-11-16/h2-14,20H,1H3,(H2,23,25)(H,24,26). The third kappa shape index (κ3) is 4.15. The van der Waals surface area contributed by atoms with Crippen molar-refractivity contribution >= 4 is 17.5 Å². The Hall–Kier alpha value is -3.60. The van der Waals surface area contributed by atoms with Gasteiger partial charge in [0.05, 0.1) is 18.7 Å². The lowest BCUT2D eigenvalue weighted by Crippen LogP contribution is -2.23. The van der Waals surface area contributed by atoms with Crippen LogP contribution in [0.4, 0.5) is 5.69 Å². The van der Waals surface area contributed by atoms with Gasteiger partial charge in [-0.15, -0.1) is 0 Å². The van der Waals surface area contributed by atoms with Gasteiger partial charge in [-0.25, -0.2) is 0 Å². The highest BCUT2D eigenvalue weighted by atomic mass is 16.5. The van der Waals surface area contributed by atoms with Crippen LogP contribution in [0.25, 0.3) is 0 Å². The Labute approximate surface area is 157 Å². The van der Waals surface area contributed by atoms with E-state index in [0.29, 0.717) is 17.0 Å². The number of carbonyl (C=O) groups is 2. The summed E-state index contributed by atoms with van der Waals surface area (Å²) in [6, 6.07) is 23.7. The summed E-state index contributed by atoms with van der Waals surface area (Å²) in [5.74, 6) is -0.856. The minimum atomic E-state index is -0.573. The van der Waals surface area contributed by atoms with Crippen LogP contribution in [0.3, 0.4) is 0 Å². The maximum Gasteiger partial charge on any atom is 0.248 e. The van der Waals surface area contributed by atoms with Crippen molar-refractivity contribution in [2.45, 2.75) is 5.92 Å². The summed E-state index contributed by atoms with van der Waals surface area (Å²) in [6.45, 7) is 0. The number of nitrogens with one attached hydrogen (secondary N) is 1. The molecule has 0 spiro atoms. The topological polar surface area (TPSA) is 81.4 Å². The molecule has 3 aromatic carbocycles. The second-order valence-electron chi connectivity index (χ2n) is 6.02. The van der Waals surface area contributed by atoms with Gasteiger partial charge >= 0.3 is 0 Å². The van der Waals surface area contributed by atoms with Gasteiger partial charge in [-0.2, -0.15) is 0 Å². The SMILES string of the molecule is COc1ccc(C(N)=O)cc1NC(=O)C(c1ccccc1)c1ccccc1. The summed E-state index contributed by atoms with van der Waals surface area (Å²) in [7, 11) is 1.50. The van der Waals surface area contributed by atoms with Crippen molar-refractivity contribution in [2.75, 3.05) is 12.4 Å². The van der Waals surface area contributed by atoms with Crippen molar-refractivity contribution in [3.8, 4) is 5.75 Å². The lowest BCUT2D eigenvalue weighted by molar-refractivity contribution is -0.116. The van der Waals surface area contributed by atoms with E-state index < -0.39 is 11.8 Å². The van der Waals surface area contributed by atoms with Gasteiger partial charge in [-0.3, -0.25) is 9.59 Å². The molecule has 0 aromatic heterocycles. The lowest BCUT2D eigenvalue weighted by Gasteiger charge is -2.19. The van der Waals surface area contributed by atoms with E-state index in [2.05, 4.69) is 5.32 Å². The third-order valence-corrected chi connectivity index (χ3v) is 4.27. The molecule has 0 atom stereocenters. The average Bonchev–Trinajstić information content (AvgIpc) is 2.69. The average molecular weight is 360 g/mol. The predicted octanol–water partition coefficient (Wildman–Crippen LogP) is 3.56. The van der Waals surface area contributed by atoms with Crippen LogP contribution in [0.1, 0.15) is 27.4 Å². The summed E-state index contributed by atoms with van der Waals surface area (Å²) < 4.78 is 5.31. The monoisotopic (exact) mass is 360 g/mol. The maximum absolute atomic E-state index is 13.2. The molecule has 0 unspecified atom stereocenters. The molecule has 0 saturated heterocycles. The summed E-state index contributed by atoms with van der Waals surface area (Å²) >= 11 is 0. The Morgan fingerprint density at radius 3 is 1.93 bits per heavy atom. The van der Waals surface area contributed by atoms with Crippen molar-refractivity contribution in [3.05, 3.63) is 95.6 Å². The zero-order valence-electron chi connectivity index (χ0n) is 14.9. The van der Waals surface area contributed by atoms with Crippen molar-refractivity contribution < 1.29 is 14.3 Å². The van der Waals surface area contributed by atoms with Gasteiger partial charge in [0.25, 0.3) is 0 Å². The minimum Gasteiger partial charge on any atom is -0.495 e. The number of hydrogen-bond acceptors (Lipinski definition) is 3. The van der Waals surface area contributed by atoms with E-state index in [1.807, 2.05) is 60.7 Å². The number of amides is 2. The Kier molecular flexibility index (Phi) is 5.52. The van der Waals surface area contributed by atoms with Gasteiger partial charge in [0, 0.05) is 5.56 Å². The highest BCUT2D eigenvalue weighted by molar-refractivity contribution is 6.01. The first-order valence-electron chi connectivity index (χ1n) is 8.48. The van der Waals surface area contributed by atoms with Crippen LogP contribution in [0, 0.1) is 0 Å². The fraction of sp³-hybridized carbons (Fsp3) is 0.0909. The number of rotatable bonds is 6. The largest absolute Gasteiger partial charge is 0.495 e. The van der Waals surface area contributed by atoms with Gasteiger partial charge in [-0.1, -0.05) is 60.7 Å². The maximum atomic E-state index is 13.2. The molecule has 0 radical (unpaired) electrons. The van der Waals surface area contributed by atoms with E-state index in [-0.39, 0.29) is 5.91 Å². The van der Waals surface area contributed by atoms with Crippen LogP contribution in [0.2, 0.25) is 0 Å². The fourth-order valence-electron chi connectivity index (χ4n) is 2.95. The number of ether oxygens (including phenoxy) is 1. The zero-order valence-corrected chi connectivity index (χ0v) is 14.9. The molecule has 0 heterocycles. The first-order chi connectivity index (χ1) is 13.1. The first-order valence-corrected chi connectivity index (χ1v) is 8.48. The minimum absolute atomic E-state index is 0.229. The molecule has 3 rings (SSSR count). The Bertz CT molecular complexity index is 901.